The monoisotopic (exact) mass is 227 g/mol. The molecule has 0 spiro atoms. The summed E-state index contributed by atoms with van der Waals surface area (Å²) in [5.74, 6) is -1.47. The molecule has 0 saturated heterocycles. The van der Waals surface area contributed by atoms with Gasteiger partial charge in [-0.2, -0.15) is 5.26 Å². The van der Waals surface area contributed by atoms with Crippen molar-refractivity contribution in [2.24, 2.45) is 0 Å². The number of aliphatic carboxylic acids is 1. The molecule has 5 nitrogen and oxygen atoms in total. The second-order valence-corrected chi connectivity index (χ2v) is 2.95. The SMILES string of the molecule is N#Cc1cc(CC(=O)O)c(N)nc1C(F)F. The topological polar surface area (TPSA) is 100 Å². The minimum Gasteiger partial charge on any atom is -0.481 e. The number of nitrogens with two attached hydrogens (primary N) is 1. The van der Waals surface area contributed by atoms with Gasteiger partial charge < -0.3 is 10.8 Å². The number of carboxylic acids is 1. The Kier molecular flexibility index (Phi) is 3.35. The van der Waals surface area contributed by atoms with Gasteiger partial charge in [-0.1, -0.05) is 0 Å². The van der Waals surface area contributed by atoms with E-state index in [0.717, 1.165) is 6.07 Å². The molecule has 1 rings (SSSR count). The molecule has 0 saturated carbocycles. The van der Waals surface area contributed by atoms with Crippen LogP contribution in [0.25, 0.3) is 0 Å². The van der Waals surface area contributed by atoms with Crippen LogP contribution in [0, 0.1) is 11.3 Å². The van der Waals surface area contributed by atoms with E-state index < -0.39 is 24.5 Å². The van der Waals surface area contributed by atoms with E-state index in [2.05, 4.69) is 4.98 Å². The molecular weight excluding hydrogens is 220 g/mol. The van der Waals surface area contributed by atoms with Crippen LogP contribution in [0.3, 0.4) is 0 Å². The Hall–Kier alpha value is -2.23. The number of anilines is 1. The number of nitrogens with zero attached hydrogens (tertiary/aromatic N) is 2. The highest BCUT2D eigenvalue weighted by molar-refractivity contribution is 5.72. The van der Waals surface area contributed by atoms with E-state index in [1.54, 1.807) is 0 Å². The summed E-state index contributed by atoms with van der Waals surface area (Å²) in [5.41, 5.74) is 4.28. The van der Waals surface area contributed by atoms with Crippen LogP contribution < -0.4 is 5.73 Å². The number of nitrogen functional groups attached to an aromatic ring is 1. The summed E-state index contributed by atoms with van der Waals surface area (Å²) in [6.45, 7) is 0. The molecule has 0 unspecified atom stereocenters. The van der Waals surface area contributed by atoms with Crippen LogP contribution >= 0.6 is 0 Å². The molecule has 0 bridgehead atoms. The smallest absolute Gasteiger partial charge is 0.307 e. The van der Waals surface area contributed by atoms with Gasteiger partial charge in [0, 0.05) is 5.56 Å². The number of nitriles is 1. The highest BCUT2D eigenvalue weighted by Gasteiger charge is 2.18. The van der Waals surface area contributed by atoms with Crippen LogP contribution in [-0.4, -0.2) is 16.1 Å². The van der Waals surface area contributed by atoms with Crippen molar-refractivity contribution in [2.45, 2.75) is 12.8 Å². The van der Waals surface area contributed by atoms with E-state index in [1.165, 1.54) is 6.07 Å². The lowest BCUT2D eigenvalue weighted by atomic mass is 10.1. The lowest BCUT2D eigenvalue weighted by Crippen LogP contribution is -2.08. The summed E-state index contributed by atoms with van der Waals surface area (Å²) in [5, 5.41) is 17.1. The molecule has 0 amide bonds. The first kappa shape index (κ1) is 11.8. The van der Waals surface area contributed by atoms with Crippen molar-refractivity contribution in [3.8, 4) is 6.07 Å². The molecule has 1 heterocycles. The number of carbonyl (C=O) groups is 1. The Morgan fingerprint density at radius 1 is 1.69 bits per heavy atom. The second-order valence-electron chi connectivity index (χ2n) is 2.95. The first-order valence-electron chi connectivity index (χ1n) is 4.15. The minimum atomic E-state index is -2.92. The zero-order valence-corrected chi connectivity index (χ0v) is 7.94. The minimum absolute atomic E-state index is 0.0495. The molecule has 7 heteroatoms. The van der Waals surface area contributed by atoms with Gasteiger partial charge in [0.25, 0.3) is 6.43 Å². The van der Waals surface area contributed by atoms with Gasteiger partial charge in [0.15, 0.2) is 0 Å². The van der Waals surface area contributed by atoms with Crippen molar-refractivity contribution in [1.29, 1.82) is 5.26 Å². The summed E-state index contributed by atoms with van der Waals surface area (Å²) in [6, 6.07) is 2.55. The van der Waals surface area contributed by atoms with Gasteiger partial charge in [0.1, 0.15) is 17.6 Å². The van der Waals surface area contributed by atoms with Crippen molar-refractivity contribution in [3.05, 3.63) is 22.9 Å². The zero-order chi connectivity index (χ0) is 12.3. The quantitative estimate of drug-likeness (QED) is 0.805. The Balaban J connectivity index is 3.27. The molecule has 0 fully saturated rings. The average molecular weight is 227 g/mol. The fraction of sp³-hybridized carbons (Fsp3) is 0.222. The fourth-order valence-electron chi connectivity index (χ4n) is 1.14. The molecule has 0 radical (unpaired) electrons. The predicted molar refractivity (Wildman–Crippen MR) is 49.7 cm³/mol. The Bertz CT molecular complexity index is 469. The Labute approximate surface area is 89.1 Å². The first-order chi connectivity index (χ1) is 7.45. The van der Waals surface area contributed by atoms with Crippen molar-refractivity contribution in [2.75, 3.05) is 5.73 Å². The first-order valence-corrected chi connectivity index (χ1v) is 4.15. The molecule has 3 N–H and O–H groups in total. The molecule has 0 aliphatic carbocycles. The van der Waals surface area contributed by atoms with Crippen LogP contribution in [0.5, 0.6) is 0 Å². The maximum absolute atomic E-state index is 12.4. The molecule has 0 aromatic carbocycles. The summed E-state index contributed by atoms with van der Waals surface area (Å²) in [6.07, 6.45) is -3.38. The number of carboxylic acid groups (broad SMARTS) is 1. The third-order valence-electron chi connectivity index (χ3n) is 1.83. The number of hydrogen-bond donors (Lipinski definition) is 2. The molecule has 0 aliphatic rings. The number of aromatic nitrogens is 1. The molecular formula is C9H7F2N3O2. The van der Waals surface area contributed by atoms with E-state index >= 15 is 0 Å². The van der Waals surface area contributed by atoms with E-state index in [9.17, 15) is 13.6 Å². The van der Waals surface area contributed by atoms with Gasteiger partial charge in [0.2, 0.25) is 0 Å². The number of pyridine rings is 1. The van der Waals surface area contributed by atoms with Gasteiger partial charge in [-0.05, 0) is 6.07 Å². The van der Waals surface area contributed by atoms with Gasteiger partial charge in [-0.15, -0.1) is 0 Å². The van der Waals surface area contributed by atoms with Crippen LogP contribution in [0.2, 0.25) is 0 Å². The van der Waals surface area contributed by atoms with Crippen molar-refractivity contribution in [1.82, 2.24) is 4.98 Å². The van der Waals surface area contributed by atoms with Crippen molar-refractivity contribution in [3.63, 3.8) is 0 Å². The standard InChI is InChI=1S/C9H7F2N3O2/c10-8(11)7-5(3-12)1-4(2-6(15)16)9(13)14-7/h1,8H,2H2,(H2,13,14)(H,15,16). The Morgan fingerprint density at radius 2 is 2.31 bits per heavy atom. The third kappa shape index (κ3) is 2.42. The van der Waals surface area contributed by atoms with E-state index in [0.29, 0.717) is 0 Å². The second kappa shape index (κ2) is 4.53. The summed E-state index contributed by atoms with van der Waals surface area (Å²) >= 11 is 0. The van der Waals surface area contributed by atoms with Gasteiger partial charge >= 0.3 is 5.97 Å². The molecule has 1 aromatic heterocycles. The third-order valence-corrected chi connectivity index (χ3v) is 1.83. The molecule has 16 heavy (non-hydrogen) atoms. The summed E-state index contributed by atoms with van der Waals surface area (Å²) in [4.78, 5) is 13.8. The van der Waals surface area contributed by atoms with Gasteiger partial charge in [-0.3, -0.25) is 4.79 Å². The number of alkyl halides is 2. The highest BCUT2D eigenvalue weighted by atomic mass is 19.3. The van der Waals surface area contributed by atoms with Gasteiger partial charge in [-0.25, -0.2) is 13.8 Å². The lowest BCUT2D eigenvalue weighted by molar-refractivity contribution is -0.136. The molecule has 0 aliphatic heterocycles. The van der Waals surface area contributed by atoms with Crippen LogP contribution in [0.4, 0.5) is 14.6 Å². The zero-order valence-electron chi connectivity index (χ0n) is 7.94. The maximum Gasteiger partial charge on any atom is 0.307 e. The largest absolute Gasteiger partial charge is 0.481 e. The highest BCUT2D eigenvalue weighted by Crippen LogP contribution is 2.24. The van der Waals surface area contributed by atoms with E-state index in [1.807, 2.05) is 0 Å². The van der Waals surface area contributed by atoms with Crippen LogP contribution in [0.15, 0.2) is 6.07 Å². The van der Waals surface area contributed by atoms with Crippen LogP contribution in [0.1, 0.15) is 23.2 Å². The lowest BCUT2D eigenvalue weighted by Gasteiger charge is -2.07. The average Bonchev–Trinajstić information content (AvgIpc) is 2.19. The van der Waals surface area contributed by atoms with E-state index in [-0.39, 0.29) is 16.9 Å². The molecule has 84 valence electrons. The molecule has 1 aromatic rings. The number of hydrogen-bond acceptors (Lipinski definition) is 4. The Morgan fingerprint density at radius 3 is 2.75 bits per heavy atom. The van der Waals surface area contributed by atoms with Crippen LogP contribution in [-0.2, 0) is 11.2 Å². The van der Waals surface area contributed by atoms with Crippen molar-refractivity contribution < 1.29 is 18.7 Å². The normalized spacial score (nSPS) is 10.1. The molecule has 0 atom stereocenters. The summed E-state index contributed by atoms with van der Waals surface area (Å²) in [7, 11) is 0. The summed E-state index contributed by atoms with van der Waals surface area (Å²) < 4.78 is 24.8. The number of halogens is 2. The number of rotatable bonds is 3. The predicted octanol–water partition coefficient (Wildman–Crippen LogP) is 1.10. The van der Waals surface area contributed by atoms with E-state index in [4.69, 9.17) is 16.1 Å². The maximum atomic E-state index is 12.4. The van der Waals surface area contributed by atoms with Gasteiger partial charge in [0.05, 0.1) is 12.0 Å². The fourth-order valence-corrected chi connectivity index (χ4v) is 1.14. The van der Waals surface area contributed by atoms with Crippen molar-refractivity contribution >= 4 is 11.8 Å².